The van der Waals surface area contributed by atoms with E-state index in [0.29, 0.717) is 0 Å². The molecule has 0 atom stereocenters. The van der Waals surface area contributed by atoms with Crippen LogP contribution in [0.4, 0.5) is 0 Å². The van der Waals surface area contributed by atoms with Crippen molar-refractivity contribution in [1.82, 2.24) is 15.0 Å². The second-order valence-corrected chi connectivity index (χ2v) is 17.4. The lowest BCUT2D eigenvalue weighted by atomic mass is 9.79. The van der Waals surface area contributed by atoms with Crippen LogP contribution in [0.5, 0.6) is 0 Å². The first-order chi connectivity index (χ1) is 21.8. The molecule has 6 aromatic rings. The Kier molecular flexibility index (Phi) is 7.78. The molecule has 3 nitrogen and oxygen atoms in total. The van der Waals surface area contributed by atoms with E-state index < -0.39 is 0 Å². The maximum Gasteiger partial charge on any atom is 0.0739 e. The average molecular weight is 622 g/mol. The summed E-state index contributed by atoms with van der Waals surface area (Å²) in [5.41, 5.74) is 14.1. The fourth-order valence-electron chi connectivity index (χ4n) is 6.43. The van der Waals surface area contributed by atoms with Gasteiger partial charge in [0.05, 0.1) is 22.4 Å². The van der Waals surface area contributed by atoms with Crippen molar-refractivity contribution < 1.29 is 0 Å². The van der Waals surface area contributed by atoms with Gasteiger partial charge in [-0.2, -0.15) is 0 Å². The van der Waals surface area contributed by atoms with E-state index in [1.54, 1.807) is 0 Å². The van der Waals surface area contributed by atoms with E-state index in [0.717, 1.165) is 33.5 Å². The number of nitrogens with zero attached hydrogens (tertiary/aromatic N) is 2. The van der Waals surface area contributed by atoms with Gasteiger partial charge >= 0.3 is 0 Å². The summed E-state index contributed by atoms with van der Waals surface area (Å²) in [5, 5.41) is 2.49. The topological polar surface area (TPSA) is 41.6 Å². The molecule has 3 heterocycles. The van der Waals surface area contributed by atoms with Crippen LogP contribution in [-0.4, -0.2) is 15.0 Å². The maximum absolute atomic E-state index is 5.13. The van der Waals surface area contributed by atoms with Crippen LogP contribution >= 0.6 is 0 Å². The van der Waals surface area contributed by atoms with Crippen molar-refractivity contribution in [1.29, 1.82) is 0 Å². The second-order valence-electron chi connectivity index (χ2n) is 17.4. The first-order valence-corrected chi connectivity index (χ1v) is 17.0. The SMILES string of the molecule is CC(C)(C)c1cnc(-c2cccc(-c3cc(C(C)(C)C)cc4c3[nH]c3c(-c5ccccn5)cc(C(C)(C)C)cc34)c2)c(C(C)(C)C)c1. The van der Waals surface area contributed by atoms with E-state index in [4.69, 9.17) is 9.97 Å². The van der Waals surface area contributed by atoms with Crippen LogP contribution in [0.25, 0.3) is 55.4 Å². The van der Waals surface area contributed by atoms with Crippen LogP contribution in [-0.2, 0) is 21.7 Å². The summed E-state index contributed by atoms with van der Waals surface area (Å²) in [4.78, 5) is 13.9. The van der Waals surface area contributed by atoms with Crippen molar-refractivity contribution in [2.45, 2.75) is 105 Å². The highest BCUT2D eigenvalue weighted by atomic mass is 14.7. The molecule has 3 aromatic carbocycles. The third kappa shape index (κ3) is 6.25. The summed E-state index contributed by atoms with van der Waals surface area (Å²) in [7, 11) is 0. The van der Waals surface area contributed by atoms with Gasteiger partial charge in [0.25, 0.3) is 0 Å². The molecule has 3 aromatic heterocycles. The number of pyridine rings is 2. The van der Waals surface area contributed by atoms with Gasteiger partial charge in [-0.15, -0.1) is 0 Å². The zero-order valence-electron chi connectivity index (χ0n) is 30.5. The molecule has 3 heteroatoms. The molecule has 1 N–H and O–H groups in total. The van der Waals surface area contributed by atoms with E-state index in [1.807, 2.05) is 12.3 Å². The number of aromatic nitrogens is 3. The zero-order valence-corrected chi connectivity index (χ0v) is 30.5. The predicted octanol–water partition coefficient (Wildman–Crippen LogP) is 12.3. The quantitative estimate of drug-likeness (QED) is 0.214. The molecule has 0 unspecified atom stereocenters. The predicted molar refractivity (Wildman–Crippen MR) is 203 cm³/mol. The molecule has 0 amide bonds. The Bertz CT molecular complexity index is 2100. The van der Waals surface area contributed by atoms with Crippen molar-refractivity contribution in [2.24, 2.45) is 0 Å². The largest absolute Gasteiger partial charge is 0.353 e. The Labute approximate surface area is 281 Å². The summed E-state index contributed by atoms with van der Waals surface area (Å²) in [6, 6.07) is 27.0. The van der Waals surface area contributed by atoms with Gasteiger partial charge in [0.15, 0.2) is 0 Å². The summed E-state index contributed by atoms with van der Waals surface area (Å²) >= 11 is 0. The van der Waals surface area contributed by atoms with Gasteiger partial charge in [-0.05, 0) is 91.9 Å². The van der Waals surface area contributed by atoms with Crippen LogP contribution in [0.15, 0.2) is 85.2 Å². The maximum atomic E-state index is 5.13. The lowest BCUT2D eigenvalue weighted by Gasteiger charge is -2.27. The minimum absolute atomic E-state index is 0.0135. The third-order valence-electron chi connectivity index (χ3n) is 9.50. The van der Waals surface area contributed by atoms with Gasteiger partial charge < -0.3 is 4.98 Å². The molecule has 6 rings (SSSR count). The van der Waals surface area contributed by atoms with Crippen molar-refractivity contribution in [3.05, 3.63) is 107 Å². The monoisotopic (exact) mass is 621 g/mol. The number of hydrogen-bond acceptors (Lipinski definition) is 2. The molecule has 0 aliphatic carbocycles. The molecule has 0 saturated carbocycles. The van der Waals surface area contributed by atoms with Crippen molar-refractivity contribution in [2.75, 3.05) is 0 Å². The molecule has 0 aliphatic rings. The van der Waals surface area contributed by atoms with Crippen LogP contribution in [0, 0.1) is 0 Å². The summed E-state index contributed by atoms with van der Waals surface area (Å²) < 4.78 is 0. The van der Waals surface area contributed by atoms with E-state index >= 15 is 0 Å². The van der Waals surface area contributed by atoms with Gasteiger partial charge in [-0.3, -0.25) is 9.97 Å². The summed E-state index contributed by atoms with van der Waals surface area (Å²) in [6.45, 7) is 27.4. The van der Waals surface area contributed by atoms with Gasteiger partial charge in [0, 0.05) is 39.9 Å². The molecule has 0 fully saturated rings. The number of rotatable bonds is 3. The summed E-state index contributed by atoms with van der Waals surface area (Å²) in [6.07, 6.45) is 3.95. The van der Waals surface area contributed by atoms with Crippen LogP contribution in [0.2, 0.25) is 0 Å². The molecule has 0 bridgehead atoms. The second kappa shape index (κ2) is 11.2. The normalized spacial score (nSPS) is 13.1. The molecular weight excluding hydrogens is 571 g/mol. The zero-order chi connectivity index (χ0) is 34.1. The van der Waals surface area contributed by atoms with Crippen molar-refractivity contribution in [3.63, 3.8) is 0 Å². The lowest BCUT2D eigenvalue weighted by Crippen LogP contribution is -2.18. The van der Waals surface area contributed by atoms with Gasteiger partial charge in [0.2, 0.25) is 0 Å². The van der Waals surface area contributed by atoms with Crippen molar-refractivity contribution >= 4 is 21.8 Å². The van der Waals surface area contributed by atoms with E-state index in [-0.39, 0.29) is 21.7 Å². The molecular formula is C44H51N3. The minimum atomic E-state index is -0.0527. The van der Waals surface area contributed by atoms with Crippen LogP contribution < -0.4 is 0 Å². The van der Waals surface area contributed by atoms with Gasteiger partial charge in [0.1, 0.15) is 0 Å². The number of benzene rings is 3. The Hall–Kier alpha value is -4.24. The highest BCUT2D eigenvalue weighted by Gasteiger charge is 2.26. The highest BCUT2D eigenvalue weighted by molar-refractivity contribution is 6.16. The van der Waals surface area contributed by atoms with E-state index in [2.05, 4.69) is 161 Å². The Morgan fingerprint density at radius 1 is 0.489 bits per heavy atom. The molecule has 0 radical (unpaired) electrons. The average Bonchev–Trinajstić information content (AvgIpc) is 3.37. The fourth-order valence-corrected chi connectivity index (χ4v) is 6.43. The minimum Gasteiger partial charge on any atom is -0.353 e. The highest BCUT2D eigenvalue weighted by Crippen LogP contribution is 2.43. The summed E-state index contributed by atoms with van der Waals surface area (Å²) in [5.74, 6) is 0. The van der Waals surface area contributed by atoms with Gasteiger partial charge in [-0.1, -0.05) is 113 Å². The lowest BCUT2D eigenvalue weighted by molar-refractivity contribution is 0.565. The first kappa shape index (κ1) is 32.7. The molecule has 0 spiro atoms. The van der Waals surface area contributed by atoms with Gasteiger partial charge in [-0.25, -0.2) is 0 Å². The Balaban J connectivity index is 1.65. The Morgan fingerprint density at radius 2 is 1.06 bits per heavy atom. The van der Waals surface area contributed by atoms with E-state index in [9.17, 15) is 0 Å². The molecule has 0 aliphatic heterocycles. The Morgan fingerprint density at radius 3 is 1.62 bits per heavy atom. The molecule has 242 valence electrons. The third-order valence-corrected chi connectivity index (χ3v) is 9.50. The fraction of sp³-hybridized carbons (Fsp3) is 0.364. The number of H-pyrrole nitrogens is 1. The first-order valence-electron chi connectivity index (χ1n) is 17.0. The molecule has 47 heavy (non-hydrogen) atoms. The smallest absolute Gasteiger partial charge is 0.0739 e. The number of hydrogen-bond donors (Lipinski definition) is 1. The molecule has 0 saturated heterocycles. The number of nitrogens with one attached hydrogen (secondary N) is 1. The standard InChI is InChI=1S/C44H51N3/c1-41(2,3)29-21-32(27-16-15-17-28(20-27)38-36(44(10,11)12)25-31(26-46-38)43(7,8)9)39-33(22-29)34-23-30(42(4,5)6)24-35(40(34)47-39)37-18-13-14-19-45-37/h13-26,47H,1-12H3. The number of aromatic amines is 1. The van der Waals surface area contributed by atoms with Crippen LogP contribution in [0.1, 0.15) is 105 Å². The van der Waals surface area contributed by atoms with Crippen LogP contribution in [0.3, 0.4) is 0 Å². The number of fused-ring (bicyclic) bond motifs is 3. The van der Waals surface area contributed by atoms with E-state index in [1.165, 1.54) is 44.2 Å². The van der Waals surface area contributed by atoms with Crippen molar-refractivity contribution in [3.8, 4) is 33.6 Å².